The van der Waals surface area contributed by atoms with Crippen molar-refractivity contribution in [3.63, 3.8) is 0 Å². The van der Waals surface area contributed by atoms with Gasteiger partial charge in [0.05, 0.1) is 11.6 Å². The molecular formula is C18H21N3O2. The van der Waals surface area contributed by atoms with Gasteiger partial charge in [-0.2, -0.15) is 0 Å². The molecular weight excluding hydrogens is 290 g/mol. The van der Waals surface area contributed by atoms with Crippen LogP contribution in [0.25, 0.3) is 11.1 Å². The lowest BCUT2D eigenvalue weighted by Crippen LogP contribution is -2.38. The highest BCUT2D eigenvalue weighted by Crippen LogP contribution is 2.25. The molecule has 0 spiro atoms. The first-order valence-corrected chi connectivity index (χ1v) is 8.15. The summed E-state index contributed by atoms with van der Waals surface area (Å²) in [5, 5.41) is 0. The van der Waals surface area contributed by atoms with Gasteiger partial charge in [0.15, 0.2) is 5.58 Å². The van der Waals surface area contributed by atoms with Gasteiger partial charge in [0.25, 0.3) is 0 Å². The number of rotatable bonds is 3. The van der Waals surface area contributed by atoms with E-state index in [1.54, 1.807) is 0 Å². The van der Waals surface area contributed by atoms with Crippen LogP contribution in [0.2, 0.25) is 0 Å². The summed E-state index contributed by atoms with van der Waals surface area (Å²) in [7, 11) is 2.07. The molecule has 0 N–H and O–H groups in total. The molecule has 5 nitrogen and oxygen atoms in total. The van der Waals surface area contributed by atoms with Gasteiger partial charge in [-0.05, 0) is 43.7 Å². The molecule has 0 radical (unpaired) electrons. The zero-order valence-electron chi connectivity index (χ0n) is 13.3. The zero-order chi connectivity index (χ0) is 15.8. The number of hydrogen-bond donors (Lipinski definition) is 0. The SMILES string of the molecule is Cn1cccc1CN1CCC[C@@H](n2c(=O)oc3ccccc32)C1. The highest BCUT2D eigenvalue weighted by atomic mass is 16.4. The minimum atomic E-state index is -0.239. The van der Waals surface area contributed by atoms with E-state index in [1.165, 1.54) is 5.69 Å². The Hall–Kier alpha value is -2.27. The summed E-state index contributed by atoms with van der Waals surface area (Å²) in [5.74, 6) is -0.239. The third-order valence-corrected chi connectivity index (χ3v) is 4.80. The maximum atomic E-state index is 12.3. The van der Waals surface area contributed by atoms with Gasteiger partial charge < -0.3 is 8.98 Å². The van der Waals surface area contributed by atoms with Crippen LogP contribution in [0, 0.1) is 0 Å². The van der Waals surface area contributed by atoms with Crippen LogP contribution in [0.1, 0.15) is 24.6 Å². The standard InChI is InChI=1S/C18H21N3O2/c1-19-10-4-6-14(19)12-20-11-5-7-15(13-20)21-16-8-2-3-9-17(16)23-18(21)22/h2-4,6,8-10,15H,5,7,11-13H2,1H3/t15-/m1/s1. The summed E-state index contributed by atoms with van der Waals surface area (Å²) in [4.78, 5) is 14.7. The topological polar surface area (TPSA) is 43.3 Å². The lowest BCUT2D eigenvalue weighted by Gasteiger charge is -2.33. The summed E-state index contributed by atoms with van der Waals surface area (Å²) < 4.78 is 9.39. The van der Waals surface area contributed by atoms with Gasteiger partial charge in [-0.3, -0.25) is 9.47 Å². The van der Waals surface area contributed by atoms with E-state index in [0.717, 1.165) is 38.0 Å². The molecule has 2 aromatic heterocycles. The predicted molar refractivity (Wildman–Crippen MR) is 89.4 cm³/mol. The molecule has 0 bridgehead atoms. The van der Waals surface area contributed by atoms with E-state index in [9.17, 15) is 4.79 Å². The van der Waals surface area contributed by atoms with Crippen LogP contribution < -0.4 is 5.76 Å². The third-order valence-electron chi connectivity index (χ3n) is 4.80. The molecule has 3 aromatic rings. The van der Waals surface area contributed by atoms with E-state index < -0.39 is 0 Å². The monoisotopic (exact) mass is 311 g/mol. The van der Waals surface area contributed by atoms with Crippen molar-refractivity contribution in [3.05, 3.63) is 58.8 Å². The van der Waals surface area contributed by atoms with Gasteiger partial charge in [-0.1, -0.05) is 12.1 Å². The summed E-state index contributed by atoms with van der Waals surface area (Å²) in [6.45, 7) is 2.88. The second kappa shape index (κ2) is 5.74. The number of benzene rings is 1. The first-order chi connectivity index (χ1) is 11.2. The lowest BCUT2D eigenvalue weighted by molar-refractivity contribution is 0.165. The molecule has 1 aliphatic heterocycles. The number of piperidine rings is 1. The van der Waals surface area contributed by atoms with Crippen molar-refractivity contribution in [3.8, 4) is 0 Å². The number of hydrogen-bond acceptors (Lipinski definition) is 3. The highest BCUT2D eigenvalue weighted by molar-refractivity contribution is 5.72. The Balaban J connectivity index is 1.60. The van der Waals surface area contributed by atoms with Crippen molar-refractivity contribution >= 4 is 11.1 Å². The molecule has 5 heteroatoms. The average molecular weight is 311 g/mol. The molecule has 0 amide bonds. The van der Waals surface area contributed by atoms with Crippen LogP contribution in [0.5, 0.6) is 0 Å². The minimum absolute atomic E-state index is 0.181. The van der Waals surface area contributed by atoms with Crippen LogP contribution in [-0.4, -0.2) is 27.1 Å². The fourth-order valence-corrected chi connectivity index (χ4v) is 3.61. The average Bonchev–Trinajstić information content (AvgIpc) is 3.10. The van der Waals surface area contributed by atoms with Crippen LogP contribution in [0.4, 0.5) is 0 Å². The molecule has 1 atom stereocenters. The zero-order valence-corrected chi connectivity index (χ0v) is 13.3. The van der Waals surface area contributed by atoms with Gasteiger partial charge in [0.1, 0.15) is 0 Å². The van der Waals surface area contributed by atoms with Crippen LogP contribution in [0.3, 0.4) is 0 Å². The van der Waals surface area contributed by atoms with Gasteiger partial charge >= 0.3 is 5.76 Å². The number of aryl methyl sites for hydroxylation is 1. The summed E-state index contributed by atoms with van der Waals surface area (Å²) in [6, 6.07) is 12.1. The Morgan fingerprint density at radius 2 is 2.09 bits per heavy atom. The molecule has 1 aromatic carbocycles. The van der Waals surface area contributed by atoms with Crippen molar-refractivity contribution < 1.29 is 4.42 Å². The minimum Gasteiger partial charge on any atom is -0.408 e. The fraction of sp³-hybridized carbons (Fsp3) is 0.389. The van der Waals surface area contributed by atoms with Gasteiger partial charge in [0, 0.05) is 32.0 Å². The Labute approximate surface area is 134 Å². The van der Waals surface area contributed by atoms with E-state index in [2.05, 4.69) is 34.8 Å². The molecule has 1 aliphatic rings. The number of para-hydroxylation sites is 2. The molecule has 1 fully saturated rings. The van der Waals surface area contributed by atoms with E-state index in [-0.39, 0.29) is 11.8 Å². The molecule has 0 aliphatic carbocycles. The Morgan fingerprint density at radius 1 is 1.22 bits per heavy atom. The second-order valence-electron chi connectivity index (χ2n) is 6.35. The van der Waals surface area contributed by atoms with Gasteiger partial charge in [-0.15, -0.1) is 0 Å². The summed E-state index contributed by atoms with van der Waals surface area (Å²) >= 11 is 0. The van der Waals surface area contributed by atoms with Crippen molar-refractivity contribution in [1.82, 2.24) is 14.0 Å². The summed E-state index contributed by atoms with van der Waals surface area (Å²) in [6.07, 6.45) is 4.19. The van der Waals surface area contributed by atoms with E-state index in [0.29, 0.717) is 5.58 Å². The van der Waals surface area contributed by atoms with Crippen molar-refractivity contribution in [1.29, 1.82) is 0 Å². The molecule has 23 heavy (non-hydrogen) atoms. The van der Waals surface area contributed by atoms with Crippen molar-refractivity contribution in [2.24, 2.45) is 7.05 Å². The molecule has 0 unspecified atom stereocenters. The number of oxazole rings is 1. The first kappa shape index (κ1) is 14.3. The highest BCUT2D eigenvalue weighted by Gasteiger charge is 2.25. The number of aromatic nitrogens is 2. The molecule has 3 heterocycles. The maximum Gasteiger partial charge on any atom is 0.420 e. The first-order valence-electron chi connectivity index (χ1n) is 8.15. The van der Waals surface area contributed by atoms with Gasteiger partial charge in [-0.25, -0.2) is 4.79 Å². The Kier molecular flexibility index (Phi) is 3.58. The predicted octanol–water partition coefficient (Wildman–Crippen LogP) is 2.77. The largest absolute Gasteiger partial charge is 0.420 e. The van der Waals surface area contributed by atoms with Gasteiger partial charge in [0.2, 0.25) is 0 Å². The molecule has 120 valence electrons. The van der Waals surface area contributed by atoms with Crippen LogP contribution in [-0.2, 0) is 13.6 Å². The quantitative estimate of drug-likeness (QED) is 0.747. The van der Waals surface area contributed by atoms with Crippen LogP contribution in [0.15, 0.2) is 51.8 Å². The molecule has 0 saturated carbocycles. The van der Waals surface area contributed by atoms with E-state index >= 15 is 0 Å². The number of likely N-dealkylation sites (tertiary alicyclic amines) is 1. The Morgan fingerprint density at radius 3 is 2.91 bits per heavy atom. The summed E-state index contributed by atoms with van der Waals surface area (Å²) in [5.41, 5.74) is 2.88. The normalized spacial score (nSPS) is 19.4. The lowest BCUT2D eigenvalue weighted by atomic mass is 10.0. The van der Waals surface area contributed by atoms with Crippen molar-refractivity contribution in [2.45, 2.75) is 25.4 Å². The fourth-order valence-electron chi connectivity index (χ4n) is 3.61. The third kappa shape index (κ3) is 2.61. The molecule has 1 saturated heterocycles. The maximum absolute atomic E-state index is 12.3. The van der Waals surface area contributed by atoms with E-state index in [4.69, 9.17) is 4.42 Å². The van der Waals surface area contributed by atoms with Crippen molar-refractivity contribution in [2.75, 3.05) is 13.1 Å². The van der Waals surface area contributed by atoms with Crippen LogP contribution >= 0.6 is 0 Å². The molecule has 4 rings (SSSR count). The Bertz CT molecular complexity index is 874. The number of fused-ring (bicyclic) bond motifs is 1. The number of nitrogens with zero attached hydrogens (tertiary/aromatic N) is 3. The second-order valence-corrected chi connectivity index (χ2v) is 6.35. The smallest absolute Gasteiger partial charge is 0.408 e. The van der Waals surface area contributed by atoms with E-state index in [1.807, 2.05) is 28.8 Å².